The van der Waals surface area contributed by atoms with Gasteiger partial charge in [0.2, 0.25) is 0 Å². The lowest BCUT2D eigenvalue weighted by molar-refractivity contribution is -0.151. The second kappa shape index (κ2) is 5.72. The van der Waals surface area contributed by atoms with Crippen LogP contribution in [0.3, 0.4) is 0 Å². The van der Waals surface area contributed by atoms with Gasteiger partial charge >= 0.3 is 5.97 Å². The molecule has 0 N–H and O–H groups in total. The Morgan fingerprint density at radius 3 is 2.28 bits per heavy atom. The minimum absolute atomic E-state index is 0.0744. The molecule has 5 rings (SSSR count). The van der Waals surface area contributed by atoms with E-state index in [0.29, 0.717) is 17.8 Å². The third-order valence-corrected chi connectivity index (χ3v) is 7.55. The van der Waals surface area contributed by atoms with Crippen molar-refractivity contribution in [1.29, 1.82) is 0 Å². The molecule has 1 aliphatic heterocycles. The van der Waals surface area contributed by atoms with E-state index in [1.54, 1.807) is 11.1 Å². The smallest absolute Gasteiger partial charge is 0.310 e. The van der Waals surface area contributed by atoms with Crippen molar-refractivity contribution in [3.05, 3.63) is 47.0 Å². The second-order valence-electron chi connectivity index (χ2n) is 8.70. The van der Waals surface area contributed by atoms with Crippen LogP contribution < -0.4 is 0 Å². The van der Waals surface area contributed by atoms with Crippen LogP contribution in [0, 0.1) is 23.7 Å². The molecule has 2 heteroatoms. The van der Waals surface area contributed by atoms with Crippen molar-refractivity contribution in [1.82, 2.24) is 0 Å². The molecule has 1 aromatic carbocycles. The lowest BCUT2D eigenvalue weighted by Gasteiger charge is -2.48. The number of rotatable bonds is 1. The number of hydrogen-bond acceptors (Lipinski definition) is 2. The monoisotopic (exact) mass is 336 g/mol. The van der Waals surface area contributed by atoms with E-state index in [0.717, 1.165) is 0 Å². The van der Waals surface area contributed by atoms with Gasteiger partial charge in [-0.1, -0.05) is 54.3 Å². The molecule has 0 spiro atoms. The largest absolute Gasteiger partial charge is 0.454 e. The van der Waals surface area contributed by atoms with Crippen LogP contribution in [-0.4, -0.2) is 5.97 Å². The number of esters is 1. The molecule has 2 nitrogen and oxygen atoms in total. The summed E-state index contributed by atoms with van der Waals surface area (Å²) in [4.78, 5) is 13.1. The Balaban J connectivity index is 1.66. The van der Waals surface area contributed by atoms with Gasteiger partial charge in [0.15, 0.2) is 0 Å². The molecule has 0 aromatic heterocycles. The molecule has 2 saturated carbocycles. The zero-order valence-electron chi connectivity index (χ0n) is 15.2. The van der Waals surface area contributed by atoms with Crippen molar-refractivity contribution in [2.75, 3.05) is 0 Å². The molecule has 0 bridgehead atoms. The lowest BCUT2D eigenvalue weighted by atomic mass is 9.54. The molecule has 0 unspecified atom stereocenters. The van der Waals surface area contributed by atoms with Crippen LogP contribution in [-0.2, 0) is 15.1 Å². The molecule has 132 valence electrons. The summed E-state index contributed by atoms with van der Waals surface area (Å²) in [6.45, 7) is 2.19. The highest BCUT2D eigenvalue weighted by Gasteiger charge is 2.62. The standard InChI is InChI=1S/C23H28O2/c1-23(15-9-3-2-4-10-15)21-19-14-8-6-12-17(19)16-11-5-7-13-18(16)20(21)22(24)25-23/h2-4,9-10,18-21H,5-8,11-14H2,1H3/t18-,19-,20-,21+,23-/m0/s1. The summed E-state index contributed by atoms with van der Waals surface area (Å²) in [5.74, 6) is 1.50. The van der Waals surface area contributed by atoms with Crippen molar-refractivity contribution in [3.63, 3.8) is 0 Å². The van der Waals surface area contributed by atoms with Gasteiger partial charge in [-0.15, -0.1) is 0 Å². The summed E-state index contributed by atoms with van der Waals surface area (Å²) in [5.41, 5.74) is 4.13. The number of allylic oxidation sites excluding steroid dienone is 2. The van der Waals surface area contributed by atoms with Gasteiger partial charge in [0.1, 0.15) is 5.60 Å². The normalized spacial score (nSPS) is 40.1. The zero-order chi connectivity index (χ0) is 17.0. The molecule has 5 atom stereocenters. The number of carbonyl (C=O) groups excluding carboxylic acids is 1. The summed E-state index contributed by atoms with van der Waals surface area (Å²) < 4.78 is 6.21. The third kappa shape index (κ3) is 2.19. The van der Waals surface area contributed by atoms with E-state index < -0.39 is 5.60 Å². The van der Waals surface area contributed by atoms with Crippen molar-refractivity contribution in [2.24, 2.45) is 23.7 Å². The summed E-state index contributed by atoms with van der Waals surface area (Å²) in [5, 5.41) is 0. The van der Waals surface area contributed by atoms with Gasteiger partial charge in [0.05, 0.1) is 5.92 Å². The number of carbonyl (C=O) groups is 1. The van der Waals surface area contributed by atoms with E-state index in [4.69, 9.17) is 4.74 Å². The number of fused-ring (bicyclic) bond motifs is 5. The van der Waals surface area contributed by atoms with Gasteiger partial charge in [-0.05, 0) is 62.8 Å². The highest BCUT2D eigenvalue weighted by molar-refractivity contribution is 5.78. The van der Waals surface area contributed by atoms with E-state index in [9.17, 15) is 4.79 Å². The number of cyclic esters (lactones) is 1. The van der Waals surface area contributed by atoms with Gasteiger partial charge in [-0.3, -0.25) is 4.79 Å². The Hall–Kier alpha value is -1.57. The fourth-order valence-electron chi connectivity index (χ4n) is 6.57. The fraction of sp³-hybridized carbons (Fsp3) is 0.609. The minimum Gasteiger partial charge on any atom is -0.454 e. The first-order valence-corrected chi connectivity index (χ1v) is 10.2. The Kier molecular flexibility index (Phi) is 3.59. The maximum absolute atomic E-state index is 13.1. The van der Waals surface area contributed by atoms with E-state index >= 15 is 0 Å². The van der Waals surface area contributed by atoms with E-state index in [1.807, 2.05) is 6.07 Å². The number of hydrogen-bond donors (Lipinski definition) is 0. The van der Waals surface area contributed by atoms with Crippen LogP contribution in [0.2, 0.25) is 0 Å². The average molecular weight is 336 g/mol. The molecule has 1 saturated heterocycles. The molecule has 25 heavy (non-hydrogen) atoms. The molecule has 3 fully saturated rings. The van der Waals surface area contributed by atoms with E-state index in [1.165, 1.54) is 56.9 Å². The van der Waals surface area contributed by atoms with E-state index in [-0.39, 0.29) is 11.9 Å². The van der Waals surface area contributed by atoms with Gasteiger partial charge in [0, 0.05) is 5.92 Å². The summed E-state index contributed by atoms with van der Waals surface area (Å²) in [6.07, 6.45) is 10.1. The molecule has 0 amide bonds. The van der Waals surface area contributed by atoms with Crippen LogP contribution in [0.1, 0.15) is 63.9 Å². The maximum Gasteiger partial charge on any atom is 0.310 e. The number of ether oxygens (including phenoxy) is 1. The summed E-state index contributed by atoms with van der Waals surface area (Å²) in [6, 6.07) is 10.5. The van der Waals surface area contributed by atoms with E-state index in [2.05, 4.69) is 31.2 Å². The summed E-state index contributed by atoms with van der Waals surface area (Å²) >= 11 is 0. The molecular weight excluding hydrogens is 308 g/mol. The first kappa shape index (κ1) is 15.7. The Morgan fingerprint density at radius 2 is 1.56 bits per heavy atom. The summed E-state index contributed by atoms with van der Waals surface area (Å²) in [7, 11) is 0. The number of benzene rings is 1. The molecule has 4 aliphatic rings. The Bertz CT molecular complexity index is 719. The van der Waals surface area contributed by atoms with Gasteiger partial charge in [0.25, 0.3) is 0 Å². The topological polar surface area (TPSA) is 26.3 Å². The van der Waals surface area contributed by atoms with Crippen LogP contribution in [0.4, 0.5) is 0 Å². The van der Waals surface area contributed by atoms with Crippen LogP contribution in [0.5, 0.6) is 0 Å². The first-order valence-electron chi connectivity index (χ1n) is 10.2. The average Bonchev–Trinajstić information content (AvgIpc) is 2.95. The van der Waals surface area contributed by atoms with Crippen LogP contribution in [0.25, 0.3) is 0 Å². The van der Waals surface area contributed by atoms with Gasteiger partial charge in [-0.2, -0.15) is 0 Å². The SMILES string of the molecule is C[C@@]1(c2ccccc2)OC(=O)[C@@H]2[C@H]1[C@H]1CCCCC1=C1CCCC[C@@H]12. The molecule has 1 heterocycles. The Morgan fingerprint density at radius 1 is 0.920 bits per heavy atom. The maximum atomic E-state index is 13.1. The molecule has 1 aromatic rings. The predicted octanol–water partition coefficient (Wildman–Crippen LogP) is 5.38. The molecular formula is C23H28O2. The van der Waals surface area contributed by atoms with Crippen molar-refractivity contribution in [3.8, 4) is 0 Å². The molecule has 0 radical (unpaired) electrons. The lowest BCUT2D eigenvalue weighted by Crippen LogP contribution is -2.45. The van der Waals surface area contributed by atoms with Crippen molar-refractivity contribution in [2.45, 2.75) is 63.9 Å². The van der Waals surface area contributed by atoms with Crippen LogP contribution in [0.15, 0.2) is 41.5 Å². The quantitative estimate of drug-likeness (QED) is 0.508. The van der Waals surface area contributed by atoms with Crippen molar-refractivity contribution >= 4 is 5.97 Å². The van der Waals surface area contributed by atoms with Crippen molar-refractivity contribution < 1.29 is 9.53 Å². The van der Waals surface area contributed by atoms with Gasteiger partial charge < -0.3 is 4.74 Å². The fourth-order valence-corrected chi connectivity index (χ4v) is 6.57. The minimum atomic E-state index is -0.459. The molecule has 3 aliphatic carbocycles. The highest BCUT2D eigenvalue weighted by Crippen LogP contribution is 2.61. The zero-order valence-corrected chi connectivity index (χ0v) is 15.2. The predicted molar refractivity (Wildman–Crippen MR) is 97.8 cm³/mol. The van der Waals surface area contributed by atoms with Gasteiger partial charge in [-0.25, -0.2) is 0 Å². The van der Waals surface area contributed by atoms with Crippen LogP contribution >= 0.6 is 0 Å². The highest BCUT2D eigenvalue weighted by atomic mass is 16.6. The third-order valence-electron chi connectivity index (χ3n) is 7.55. The first-order chi connectivity index (χ1) is 12.2. The second-order valence-corrected chi connectivity index (χ2v) is 8.70. The Labute approximate surface area is 150 Å².